The van der Waals surface area contributed by atoms with Crippen LogP contribution < -0.4 is 10.6 Å². The van der Waals surface area contributed by atoms with Gasteiger partial charge in [0.15, 0.2) is 5.88 Å². The van der Waals surface area contributed by atoms with Crippen LogP contribution >= 0.6 is 27.5 Å². The average Bonchev–Trinajstić information content (AvgIpc) is 2.94. The van der Waals surface area contributed by atoms with E-state index >= 15 is 0 Å². The highest BCUT2D eigenvalue weighted by Crippen LogP contribution is 2.34. The molecule has 0 fully saturated rings. The molecule has 0 radical (unpaired) electrons. The van der Waals surface area contributed by atoms with Crippen LogP contribution in [0.1, 0.15) is 5.56 Å². The number of hydrogen-bond acceptors (Lipinski definition) is 2. The van der Waals surface area contributed by atoms with Gasteiger partial charge in [0.25, 0.3) is 5.91 Å². The molecule has 6 heteroatoms. The lowest BCUT2D eigenvalue weighted by atomic mass is 10.0. The van der Waals surface area contributed by atoms with Crippen LogP contribution in [0.2, 0.25) is 5.02 Å². The number of halogens is 2. The zero-order valence-corrected chi connectivity index (χ0v) is 13.4. The molecule has 0 unspecified atom stereocenters. The summed E-state index contributed by atoms with van der Waals surface area (Å²) in [4.78, 5) is 19.3. The number of H-pyrrole nitrogens is 1. The molecule has 0 bridgehead atoms. The van der Waals surface area contributed by atoms with E-state index in [1.807, 2.05) is 12.1 Å². The van der Waals surface area contributed by atoms with Crippen LogP contribution in [0, 0.1) is 0 Å². The lowest BCUT2D eigenvalue weighted by molar-refractivity contribution is -0.112. The number of aromatic nitrogens is 1. The molecule has 0 aliphatic carbocycles. The predicted octanol–water partition coefficient (Wildman–Crippen LogP) is 2.65. The third kappa shape index (κ3) is 1.90. The van der Waals surface area contributed by atoms with E-state index in [1.165, 1.54) is 0 Å². The van der Waals surface area contributed by atoms with Gasteiger partial charge in [-0.3, -0.25) is 4.79 Å². The van der Waals surface area contributed by atoms with Crippen LogP contribution in [-0.2, 0) is 4.79 Å². The first-order valence-corrected chi connectivity index (χ1v) is 7.65. The van der Waals surface area contributed by atoms with E-state index in [-0.39, 0.29) is 11.8 Å². The van der Waals surface area contributed by atoms with Crippen molar-refractivity contribution in [2.75, 3.05) is 0 Å². The summed E-state index contributed by atoms with van der Waals surface area (Å²) in [5.74, 6) is -0.437. The Hall–Kier alpha value is -2.11. The molecule has 4 nitrogen and oxygen atoms in total. The highest BCUT2D eigenvalue weighted by atomic mass is 79.9. The van der Waals surface area contributed by atoms with Crippen molar-refractivity contribution in [2.24, 2.45) is 4.99 Å². The predicted molar refractivity (Wildman–Crippen MR) is 87.4 cm³/mol. The van der Waals surface area contributed by atoms with Gasteiger partial charge in [-0.15, -0.1) is 0 Å². The SMILES string of the molecule is O=C1N=c2ccc(Br)cc2=C1c1c(O)[nH]c2ccc(Cl)cc12. The van der Waals surface area contributed by atoms with Gasteiger partial charge in [-0.2, -0.15) is 0 Å². The maximum absolute atomic E-state index is 12.3. The van der Waals surface area contributed by atoms with Crippen LogP contribution in [0.4, 0.5) is 0 Å². The van der Waals surface area contributed by atoms with Crippen molar-refractivity contribution in [3.8, 4) is 5.88 Å². The Balaban J connectivity index is 2.18. The van der Waals surface area contributed by atoms with Crippen LogP contribution in [0.5, 0.6) is 5.88 Å². The first-order chi connectivity index (χ1) is 10.5. The molecule has 1 amide bonds. The van der Waals surface area contributed by atoms with Gasteiger partial charge in [-0.1, -0.05) is 27.5 Å². The standard InChI is InChI=1S/C16H8BrClN2O2/c17-7-1-3-11-9(5-7)13(15(21)19-11)14-10-6-8(18)2-4-12(10)20-16(14)22/h1-6,20,22H. The molecule has 4 rings (SSSR count). The maximum atomic E-state index is 12.3. The number of rotatable bonds is 1. The topological polar surface area (TPSA) is 65.4 Å². The summed E-state index contributed by atoms with van der Waals surface area (Å²) in [5.41, 5.74) is 1.52. The van der Waals surface area contributed by atoms with Gasteiger partial charge in [0.05, 0.1) is 16.5 Å². The van der Waals surface area contributed by atoms with Crippen molar-refractivity contribution < 1.29 is 9.90 Å². The number of aromatic amines is 1. The van der Waals surface area contributed by atoms with Crippen LogP contribution in [0.25, 0.3) is 16.5 Å². The first kappa shape index (κ1) is 13.5. The molecular formula is C16H8BrClN2O2. The Kier molecular flexibility index (Phi) is 2.89. The molecule has 22 heavy (non-hydrogen) atoms. The Morgan fingerprint density at radius 3 is 2.82 bits per heavy atom. The third-order valence-electron chi connectivity index (χ3n) is 3.65. The first-order valence-electron chi connectivity index (χ1n) is 6.48. The largest absolute Gasteiger partial charge is 0.494 e. The van der Waals surface area contributed by atoms with E-state index < -0.39 is 0 Å². The molecule has 108 valence electrons. The minimum absolute atomic E-state index is 0.0661. The van der Waals surface area contributed by atoms with E-state index in [9.17, 15) is 9.90 Å². The second-order valence-corrected chi connectivity index (χ2v) is 6.34. The minimum Gasteiger partial charge on any atom is -0.494 e. The number of carbonyl (C=O) groups excluding carboxylic acids is 1. The third-order valence-corrected chi connectivity index (χ3v) is 4.38. The summed E-state index contributed by atoms with van der Waals surface area (Å²) >= 11 is 9.45. The number of nitrogens with zero attached hydrogens (tertiary/aromatic N) is 1. The second kappa shape index (κ2) is 4.69. The molecule has 2 aromatic carbocycles. The minimum atomic E-state index is -0.371. The number of carbonyl (C=O) groups is 1. The van der Waals surface area contributed by atoms with Gasteiger partial charge >= 0.3 is 0 Å². The smallest absolute Gasteiger partial charge is 0.279 e. The number of benzene rings is 2. The highest BCUT2D eigenvalue weighted by Gasteiger charge is 2.25. The summed E-state index contributed by atoms with van der Waals surface area (Å²) in [6.07, 6.45) is 0. The van der Waals surface area contributed by atoms with E-state index in [0.717, 1.165) is 4.47 Å². The van der Waals surface area contributed by atoms with Gasteiger partial charge < -0.3 is 10.1 Å². The number of fused-ring (bicyclic) bond motifs is 2. The van der Waals surface area contributed by atoms with Gasteiger partial charge in [0, 0.05) is 25.6 Å². The Morgan fingerprint density at radius 2 is 2.00 bits per heavy atom. The summed E-state index contributed by atoms with van der Waals surface area (Å²) in [5, 5.41) is 12.8. The number of hydrogen-bond donors (Lipinski definition) is 2. The van der Waals surface area contributed by atoms with Crippen molar-refractivity contribution in [1.82, 2.24) is 4.98 Å². The molecule has 1 aromatic heterocycles. The lowest BCUT2D eigenvalue weighted by Gasteiger charge is -2.00. The zero-order chi connectivity index (χ0) is 15.4. The normalized spacial score (nSPS) is 13.5. The quantitative estimate of drug-likeness (QED) is 0.687. The molecule has 1 aliphatic heterocycles. The van der Waals surface area contributed by atoms with E-state index in [2.05, 4.69) is 25.9 Å². The van der Waals surface area contributed by atoms with Gasteiger partial charge in [0.2, 0.25) is 0 Å². The van der Waals surface area contributed by atoms with Crippen LogP contribution in [0.3, 0.4) is 0 Å². The monoisotopic (exact) mass is 374 g/mol. The fourth-order valence-electron chi connectivity index (χ4n) is 2.73. The van der Waals surface area contributed by atoms with Crippen molar-refractivity contribution in [3.63, 3.8) is 0 Å². The van der Waals surface area contributed by atoms with Gasteiger partial charge in [0.1, 0.15) is 0 Å². The fourth-order valence-corrected chi connectivity index (χ4v) is 3.26. The molecule has 1 aliphatic rings. The Morgan fingerprint density at radius 1 is 1.18 bits per heavy atom. The summed E-state index contributed by atoms with van der Waals surface area (Å²) in [6.45, 7) is 0. The van der Waals surface area contributed by atoms with E-state index in [4.69, 9.17) is 11.6 Å². The van der Waals surface area contributed by atoms with Crippen LogP contribution in [-0.4, -0.2) is 16.0 Å². The Labute approximate surface area is 137 Å². The van der Waals surface area contributed by atoms with E-state index in [0.29, 0.717) is 37.6 Å². The Bertz CT molecular complexity index is 1090. The molecule has 0 atom stereocenters. The van der Waals surface area contributed by atoms with Crippen molar-refractivity contribution >= 4 is 49.9 Å². The highest BCUT2D eigenvalue weighted by molar-refractivity contribution is 9.10. The van der Waals surface area contributed by atoms with Crippen molar-refractivity contribution in [2.45, 2.75) is 0 Å². The molecule has 0 saturated heterocycles. The molecule has 3 aromatic rings. The van der Waals surface area contributed by atoms with Crippen molar-refractivity contribution in [1.29, 1.82) is 0 Å². The number of amides is 1. The lowest BCUT2D eigenvalue weighted by Crippen LogP contribution is -2.22. The zero-order valence-electron chi connectivity index (χ0n) is 11.0. The van der Waals surface area contributed by atoms with Gasteiger partial charge in [-0.25, -0.2) is 4.99 Å². The maximum Gasteiger partial charge on any atom is 0.279 e. The molecule has 2 heterocycles. The summed E-state index contributed by atoms with van der Waals surface area (Å²) < 4.78 is 0.839. The molecule has 0 saturated carbocycles. The van der Waals surface area contributed by atoms with Crippen LogP contribution in [0.15, 0.2) is 45.9 Å². The summed E-state index contributed by atoms with van der Waals surface area (Å²) in [6, 6.07) is 10.6. The average molecular weight is 376 g/mol. The number of nitrogens with one attached hydrogen (secondary N) is 1. The van der Waals surface area contributed by atoms with Gasteiger partial charge in [-0.05, 0) is 36.4 Å². The molecular weight excluding hydrogens is 368 g/mol. The molecule has 2 N–H and O–H groups in total. The molecule has 0 spiro atoms. The fraction of sp³-hybridized carbons (Fsp3) is 0. The van der Waals surface area contributed by atoms with Crippen molar-refractivity contribution in [3.05, 3.63) is 62.0 Å². The van der Waals surface area contributed by atoms with E-state index in [1.54, 1.807) is 24.3 Å². The second-order valence-electron chi connectivity index (χ2n) is 4.99. The summed E-state index contributed by atoms with van der Waals surface area (Å²) in [7, 11) is 0. The number of aromatic hydroxyl groups is 1.